The molecule has 1 fully saturated rings. The Balaban J connectivity index is 1.77. The summed E-state index contributed by atoms with van der Waals surface area (Å²) in [4.78, 5) is 5.66. The van der Waals surface area contributed by atoms with Gasteiger partial charge < -0.3 is 5.32 Å². The van der Waals surface area contributed by atoms with Crippen LogP contribution in [0.2, 0.25) is 0 Å². The molecule has 0 spiro atoms. The second-order valence-electron chi connectivity index (χ2n) is 5.27. The van der Waals surface area contributed by atoms with Crippen LogP contribution in [0.3, 0.4) is 0 Å². The van der Waals surface area contributed by atoms with E-state index in [1.165, 1.54) is 48.4 Å². The molecule has 96 valence electrons. The molecule has 2 rings (SSSR count). The first-order valence-electron chi connectivity index (χ1n) is 6.90. The molecule has 1 aliphatic rings. The van der Waals surface area contributed by atoms with E-state index in [0.717, 1.165) is 12.5 Å². The molecule has 1 aromatic heterocycles. The third-order valence-corrected chi connectivity index (χ3v) is 4.79. The predicted molar refractivity (Wildman–Crippen MR) is 74.3 cm³/mol. The van der Waals surface area contributed by atoms with Gasteiger partial charge in [0.15, 0.2) is 0 Å². The molecule has 1 heterocycles. The van der Waals surface area contributed by atoms with Crippen LogP contribution in [0.25, 0.3) is 0 Å². The summed E-state index contributed by atoms with van der Waals surface area (Å²) in [7, 11) is 0. The number of aryl methyl sites for hydroxylation is 1. The number of rotatable bonds is 4. The summed E-state index contributed by atoms with van der Waals surface area (Å²) < 4.78 is 0. The summed E-state index contributed by atoms with van der Waals surface area (Å²) in [5.41, 5.74) is 0. The Morgan fingerprint density at radius 2 is 2.06 bits per heavy atom. The van der Waals surface area contributed by atoms with Gasteiger partial charge in [0.2, 0.25) is 0 Å². The van der Waals surface area contributed by atoms with Crippen LogP contribution >= 0.6 is 11.3 Å². The highest BCUT2D eigenvalue weighted by atomic mass is 32.1. The molecular formula is C14H24N2S. The van der Waals surface area contributed by atoms with Crippen LogP contribution in [0.1, 0.15) is 55.3 Å². The highest BCUT2D eigenvalue weighted by Gasteiger charge is 2.18. The fourth-order valence-corrected chi connectivity index (χ4v) is 3.47. The Hall–Kier alpha value is -0.410. The molecule has 2 nitrogen and oxygen atoms in total. The van der Waals surface area contributed by atoms with Gasteiger partial charge in [0.1, 0.15) is 0 Å². The zero-order valence-electron chi connectivity index (χ0n) is 11.0. The lowest BCUT2D eigenvalue weighted by molar-refractivity contribution is 0.337. The van der Waals surface area contributed by atoms with Crippen molar-refractivity contribution in [3.8, 4) is 0 Å². The molecule has 0 saturated heterocycles. The summed E-state index contributed by atoms with van der Waals surface area (Å²) in [5.74, 6) is 0.881. The molecule has 1 atom stereocenters. The maximum absolute atomic E-state index is 4.30. The van der Waals surface area contributed by atoms with Crippen LogP contribution < -0.4 is 5.32 Å². The van der Waals surface area contributed by atoms with Crippen LogP contribution in [0, 0.1) is 12.8 Å². The van der Waals surface area contributed by atoms with Crippen molar-refractivity contribution in [2.45, 2.75) is 65.0 Å². The molecule has 0 radical (unpaired) electrons. The van der Waals surface area contributed by atoms with Gasteiger partial charge in [-0.1, -0.05) is 25.7 Å². The van der Waals surface area contributed by atoms with E-state index >= 15 is 0 Å². The lowest BCUT2D eigenvalue weighted by Gasteiger charge is -2.23. The van der Waals surface area contributed by atoms with Crippen LogP contribution in [-0.2, 0) is 6.54 Å². The number of nitrogens with zero attached hydrogens (tertiary/aromatic N) is 1. The first-order valence-corrected chi connectivity index (χ1v) is 7.72. The zero-order chi connectivity index (χ0) is 12.1. The first-order chi connectivity index (χ1) is 8.25. The standard InChI is InChI=1S/C14H24N2S/c1-11(13-7-5-3-4-6-8-13)15-9-14-10-16-12(2)17-14/h10-11,13,15H,3-9H2,1-2H3/t11-/m1/s1. The summed E-state index contributed by atoms with van der Waals surface area (Å²) in [5, 5.41) is 4.85. The van der Waals surface area contributed by atoms with E-state index < -0.39 is 0 Å². The molecule has 1 saturated carbocycles. The first kappa shape index (κ1) is 13.0. The Morgan fingerprint density at radius 1 is 1.35 bits per heavy atom. The number of hydrogen-bond acceptors (Lipinski definition) is 3. The van der Waals surface area contributed by atoms with Gasteiger partial charge in [-0.05, 0) is 32.6 Å². The molecule has 3 heteroatoms. The van der Waals surface area contributed by atoms with E-state index in [-0.39, 0.29) is 0 Å². The molecule has 0 aromatic carbocycles. The van der Waals surface area contributed by atoms with Gasteiger partial charge in [-0.3, -0.25) is 0 Å². The summed E-state index contributed by atoms with van der Waals surface area (Å²) in [6.07, 6.45) is 10.6. The van der Waals surface area contributed by atoms with E-state index in [1.54, 1.807) is 11.3 Å². The van der Waals surface area contributed by atoms with Crippen molar-refractivity contribution in [1.29, 1.82) is 0 Å². The molecule has 1 N–H and O–H groups in total. The third kappa shape index (κ3) is 4.07. The van der Waals surface area contributed by atoms with Gasteiger partial charge in [0, 0.05) is 23.7 Å². The van der Waals surface area contributed by atoms with Crippen LogP contribution in [0.5, 0.6) is 0 Å². The van der Waals surface area contributed by atoms with Crippen molar-refractivity contribution in [1.82, 2.24) is 10.3 Å². The fourth-order valence-electron chi connectivity index (χ4n) is 2.73. The lowest BCUT2D eigenvalue weighted by atomic mass is 9.93. The highest BCUT2D eigenvalue weighted by molar-refractivity contribution is 7.11. The molecule has 17 heavy (non-hydrogen) atoms. The highest BCUT2D eigenvalue weighted by Crippen LogP contribution is 2.25. The largest absolute Gasteiger partial charge is 0.309 e. The van der Waals surface area contributed by atoms with Crippen LogP contribution in [0.15, 0.2) is 6.20 Å². The van der Waals surface area contributed by atoms with Crippen molar-refractivity contribution >= 4 is 11.3 Å². The van der Waals surface area contributed by atoms with E-state index in [1.807, 2.05) is 6.20 Å². The van der Waals surface area contributed by atoms with Gasteiger partial charge in [0.25, 0.3) is 0 Å². The van der Waals surface area contributed by atoms with Crippen LogP contribution in [-0.4, -0.2) is 11.0 Å². The number of nitrogens with one attached hydrogen (secondary N) is 1. The van der Waals surface area contributed by atoms with E-state index in [2.05, 4.69) is 24.1 Å². The van der Waals surface area contributed by atoms with Gasteiger partial charge in [0.05, 0.1) is 5.01 Å². The minimum atomic E-state index is 0.649. The van der Waals surface area contributed by atoms with E-state index in [0.29, 0.717) is 6.04 Å². The Morgan fingerprint density at radius 3 is 2.65 bits per heavy atom. The summed E-state index contributed by atoms with van der Waals surface area (Å²) in [6, 6.07) is 0.649. The van der Waals surface area contributed by atoms with Gasteiger partial charge in [-0.15, -0.1) is 11.3 Å². The summed E-state index contributed by atoms with van der Waals surface area (Å²) in [6.45, 7) is 5.41. The molecule has 0 amide bonds. The van der Waals surface area contributed by atoms with Crippen molar-refractivity contribution in [3.63, 3.8) is 0 Å². The smallest absolute Gasteiger partial charge is 0.0897 e. The quantitative estimate of drug-likeness (QED) is 0.822. The zero-order valence-corrected chi connectivity index (χ0v) is 11.9. The van der Waals surface area contributed by atoms with Crippen LogP contribution in [0.4, 0.5) is 0 Å². The second kappa shape index (κ2) is 6.50. The molecule has 0 unspecified atom stereocenters. The monoisotopic (exact) mass is 252 g/mol. The average molecular weight is 252 g/mol. The minimum absolute atomic E-state index is 0.649. The van der Waals surface area contributed by atoms with Crippen molar-refractivity contribution in [3.05, 3.63) is 16.1 Å². The SMILES string of the molecule is Cc1ncc(CN[C@H](C)C2CCCCCC2)s1. The fraction of sp³-hybridized carbons (Fsp3) is 0.786. The predicted octanol–water partition coefficient (Wildman–Crippen LogP) is 3.90. The van der Waals surface area contributed by atoms with Crippen molar-refractivity contribution in [2.75, 3.05) is 0 Å². The molecule has 1 aromatic rings. The number of aromatic nitrogens is 1. The van der Waals surface area contributed by atoms with Crippen molar-refractivity contribution in [2.24, 2.45) is 5.92 Å². The second-order valence-corrected chi connectivity index (χ2v) is 6.59. The van der Waals surface area contributed by atoms with Crippen molar-refractivity contribution < 1.29 is 0 Å². The number of hydrogen-bond donors (Lipinski definition) is 1. The summed E-state index contributed by atoms with van der Waals surface area (Å²) >= 11 is 1.81. The minimum Gasteiger partial charge on any atom is -0.309 e. The number of thiazole rings is 1. The van der Waals surface area contributed by atoms with Gasteiger partial charge in [-0.2, -0.15) is 0 Å². The van der Waals surface area contributed by atoms with E-state index in [9.17, 15) is 0 Å². The normalized spacial score (nSPS) is 20.1. The van der Waals surface area contributed by atoms with E-state index in [4.69, 9.17) is 0 Å². The molecule has 0 aliphatic heterocycles. The molecule has 1 aliphatic carbocycles. The topological polar surface area (TPSA) is 24.9 Å². The average Bonchev–Trinajstić information content (AvgIpc) is 2.58. The maximum Gasteiger partial charge on any atom is 0.0897 e. The van der Waals surface area contributed by atoms with Gasteiger partial charge >= 0.3 is 0 Å². The maximum atomic E-state index is 4.30. The molecular weight excluding hydrogens is 228 g/mol. The van der Waals surface area contributed by atoms with Gasteiger partial charge in [-0.25, -0.2) is 4.98 Å². The Bertz CT molecular complexity index is 327. The molecule has 0 bridgehead atoms. The lowest BCUT2D eigenvalue weighted by Crippen LogP contribution is -2.32. The Labute approximate surface area is 109 Å². The third-order valence-electron chi connectivity index (χ3n) is 3.87. The Kier molecular flexibility index (Phi) is 4.99.